The number of fused-ring (bicyclic) bond motifs is 1. The van der Waals surface area contributed by atoms with E-state index in [0.717, 1.165) is 37.2 Å². The van der Waals surface area contributed by atoms with Gasteiger partial charge < -0.3 is 10.6 Å². The smallest absolute Gasteiger partial charge is 0.250 e. The van der Waals surface area contributed by atoms with Crippen molar-refractivity contribution in [3.63, 3.8) is 0 Å². The first-order valence-corrected chi connectivity index (χ1v) is 12.5. The summed E-state index contributed by atoms with van der Waals surface area (Å²) in [6.07, 6.45) is 3.30. The number of rotatable bonds is 6. The maximum atomic E-state index is 13.6. The molecule has 3 aliphatic rings. The second kappa shape index (κ2) is 10.2. The SMILES string of the molecule is O=C(CN1CCN(CC(=O)N2c3ccccc3NC(=O)C23CCCC3)CC1)NCc1ccccc1. The summed E-state index contributed by atoms with van der Waals surface area (Å²) < 4.78 is 0. The zero-order chi connectivity index (χ0) is 24.3. The highest BCUT2D eigenvalue weighted by Gasteiger charge is 2.52. The number of piperazine rings is 1. The van der Waals surface area contributed by atoms with Gasteiger partial charge in [0.05, 0.1) is 24.5 Å². The molecular weight excluding hydrogens is 442 g/mol. The number of amides is 3. The maximum absolute atomic E-state index is 13.6. The van der Waals surface area contributed by atoms with E-state index in [4.69, 9.17) is 0 Å². The van der Waals surface area contributed by atoms with Crippen LogP contribution in [0.4, 0.5) is 11.4 Å². The lowest BCUT2D eigenvalue weighted by Crippen LogP contribution is -2.62. The Morgan fingerprint density at radius 2 is 1.49 bits per heavy atom. The van der Waals surface area contributed by atoms with Crippen LogP contribution in [0.3, 0.4) is 0 Å². The lowest BCUT2D eigenvalue weighted by Gasteiger charge is -2.45. The molecule has 3 amide bonds. The van der Waals surface area contributed by atoms with Gasteiger partial charge in [0.2, 0.25) is 11.8 Å². The van der Waals surface area contributed by atoms with Crippen molar-refractivity contribution in [2.24, 2.45) is 0 Å². The third kappa shape index (κ3) is 4.94. The highest BCUT2D eigenvalue weighted by molar-refractivity contribution is 6.15. The van der Waals surface area contributed by atoms with E-state index in [2.05, 4.69) is 20.4 Å². The van der Waals surface area contributed by atoms with E-state index in [-0.39, 0.29) is 24.3 Å². The highest BCUT2D eigenvalue weighted by atomic mass is 16.2. The number of hydrogen-bond acceptors (Lipinski definition) is 5. The Bertz CT molecular complexity index is 1080. The average molecular weight is 476 g/mol. The minimum Gasteiger partial charge on any atom is -0.351 e. The van der Waals surface area contributed by atoms with E-state index in [9.17, 15) is 14.4 Å². The van der Waals surface area contributed by atoms with Gasteiger partial charge in [-0.25, -0.2) is 0 Å². The molecule has 8 heteroatoms. The summed E-state index contributed by atoms with van der Waals surface area (Å²) in [6, 6.07) is 17.5. The number of anilines is 2. The Hall–Kier alpha value is -3.23. The molecule has 2 aromatic rings. The van der Waals surface area contributed by atoms with E-state index in [1.807, 2.05) is 54.6 Å². The zero-order valence-electron chi connectivity index (χ0n) is 20.0. The van der Waals surface area contributed by atoms with Gasteiger partial charge in [0.25, 0.3) is 5.91 Å². The number of carbonyl (C=O) groups excluding carboxylic acids is 3. The Morgan fingerprint density at radius 1 is 0.857 bits per heavy atom. The molecule has 0 atom stereocenters. The molecule has 0 radical (unpaired) electrons. The third-order valence-electron chi connectivity index (χ3n) is 7.45. The summed E-state index contributed by atoms with van der Waals surface area (Å²) in [5, 5.41) is 6.02. The summed E-state index contributed by atoms with van der Waals surface area (Å²) in [5.41, 5.74) is 1.81. The fraction of sp³-hybridized carbons (Fsp3) is 0.444. The van der Waals surface area contributed by atoms with Crippen LogP contribution in [0.1, 0.15) is 31.2 Å². The van der Waals surface area contributed by atoms with Crippen LogP contribution in [0.25, 0.3) is 0 Å². The molecule has 5 rings (SSSR count). The molecule has 0 aromatic heterocycles. The number of nitrogens with zero attached hydrogens (tertiary/aromatic N) is 3. The largest absolute Gasteiger partial charge is 0.351 e. The molecule has 2 aromatic carbocycles. The van der Waals surface area contributed by atoms with Crippen LogP contribution in [-0.4, -0.2) is 72.3 Å². The fourth-order valence-corrected chi connectivity index (χ4v) is 5.55. The second-order valence-electron chi connectivity index (χ2n) is 9.75. The zero-order valence-corrected chi connectivity index (χ0v) is 20.0. The number of carbonyl (C=O) groups is 3. The van der Waals surface area contributed by atoms with Crippen LogP contribution >= 0.6 is 0 Å². The lowest BCUT2D eigenvalue weighted by atomic mass is 9.89. The van der Waals surface area contributed by atoms with Gasteiger partial charge in [-0.05, 0) is 30.5 Å². The predicted octanol–water partition coefficient (Wildman–Crippen LogP) is 2.22. The van der Waals surface area contributed by atoms with E-state index in [1.54, 1.807) is 4.90 Å². The standard InChI is InChI=1S/C27H33N5O3/c33-24(28-18-21-8-2-1-3-9-21)19-30-14-16-31(17-15-30)20-25(34)32-23-11-5-4-10-22(23)29-26(35)27(32)12-6-7-13-27/h1-5,8-11H,6-7,12-20H2,(H,28,33)(H,29,35). The van der Waals surface area contributed by atoms with Crippen molar-refractivity contribution in [1.29, 1.82) is 0 Å². The molecule has 1 aliphatic carbocycles. The van der Waals surface area contributed by atoms with Crippen molar-refractivity contribution in [2.75, 3.05) is 49.5 Å². The van der Waals surface area contributed by atoms with Crippen molar-refractivity contribution in [1.82, 2.24) is 15.1 Å². The van der Waals surface area contributed by atoms with E-state index in [1.165, 1.54) is 0 Å². The van der Waals surface area contributed by atoms with Crippen LogP contribution in [0.5, 0.6) is 0 Å². The molecule has 2 N–H and O–H groups in total. The molecule has 1 saturated heterocycles. The average Bonchev–Trinajstić information content (AvgIpc) is 3.36. The Labute approximate surface area is 206 Å². The van der Waals surface area contributed by atoms with Crippen LogP contribution in [0, 0.1) is 0 Å². The van der Waals surface area contributed by atoms with E-state index < -0.39 is 5.54 Å². The highest BCUT2D eigenvalue weighted by Crippen LogP contribution is 2.45. The van der Waals surface area contributed by atoms with Crippen LogP contribution in [-0.2, 0) is 20.9 Å². The van der Waals surface area contributed by atoms with Gasteiger partial charge in [-0.3, -0.25) is 29.1 Å². The molecule has 2 aliphatic heterocycles. The Morgan fingerprint density at radius 3 is 2.20 bits per heavy atom. The summed E-state index contributed by atoms with van der Waals surface area (Å²) >= 11 is 0. The third-order valence-corrected chi connectivity index (χ3v) is 7.45. The minimum absolute atomic E-state index is 0.0116. The maximum Gasteiger partial charge on any atom is 0.250 e. The van der Waals surface area contributed by atoms with Crippen LogP contribution in [0.15, 0.2) is 54.6 Å². The van der Waals surface area contributed by atoms with Crippen molar-refractivity contribution in [3.05, 3.63) is 60.2 Å². The molecule has 1 spiro atoms. The normalized spacial score (nSPS) is 19.9. The number of nitrogens with one attached hydrogen (secondary N) is 2. The molecule has 184 valence electrons. The topological polar surface area (TPSA) is 85.0 Å². The van der Waals surface area contributed by atoms with Gasteiger partial charge in [-0.1, -0.05) is 55.3 Å². The van der Waals surface area contributed by atoms with Gasteiger partial charge in [-0.15, -0.1) is 0 Å². The molecule has 0 bridgehead atoms. The molecule has 2 heterocycles. The first-order valence-electron chi connectivity index (χ1n) is 12.5. The number of hydrogen-bond donors (Lipinski definition) is 2. The molecule has 2 fully saturated rings. The first-order chi connectivity index (χ1) is 17.0. The van der Waals surface area contributed by atoms with Crippen molar-refractivity contribution in [2.45, 2.75) is 37.8 Å². The summed E-state index contributed by atoms with van der Waals surface area (Å²) in [7, 11) is 0. The quantitative estimate of drug-likeness (QED) is 0.669. The lowest BCUT2D eigenvalue weighted by molar-refractivity contribution is -0.128. The summed E-state index contributed by atoms with van der Waals surface area (Å²) in [4.78, 5) is 45.2. The van der Waals surface area contributed by atoms with E-state index >= 15 is 0 Å². The van der Waals surface area contributed by atoms with Crippen molar-refractivity contribution < 1.29 is 14.4 Å². The summed E-state index contributed by atoms with van der Waals surface area (Å²) in [6.45, 7) is 4.05. The monoisotopic (exact) mass is 475 g/mol. The second-order valence-corrected chi connectivity index (χ2v) is 9.75. The Kier molecular flexibility index (Phi) is 6.83. The first kappa shape index (κ1) is 23.5. The van der Waals surface area contributed by atoms with Crippen molar-refractivity contribution in [3.8, 4) is 0 Å². The molecule has 1 saturated carbocycles. The van der Waals surface area contributed by atoms with Gasteiger partial charge in [0.1, 0.15) is 5.54 Å². The van der Waals surface area contributed by atoms with Gasteiger partial charge in [-0.2, -0.15) is 0 Å². The van der Waals surface area contributed by atoms with Crippen molar-refractivity contribution >= 4 is 29.1 Å². The number of benzene rings is 2. The minimum atomic E-state index is -0.774. The van der Waals surface area contributed by atoms with Crippen LogP contribution in [0.2, 0.25) is 0 Å². The van der Waals surface area contributed by atoms with Gasteiger partial charge >= 0.3 is 0 Å². The molecular formula is C27H33N5O3. The molecule has 8 nitrogen and oxygen atoms in total. The van der Waals surface area contributed by atoms with Gasteiger partial charge in [0, 0.05) is 32.7 Å². The number of para-hydroxylation sites is 2. The fourth-order valence-electron chi connectivity index (χ4n) is 5.55. The Balaban J connectivity index is 1.17. The van der Waals surface area contributed by atoms with E-state index in [0.29, 0.717) is 44.7 Å². The predicted molar refractivity (Wildman–Crippen MR) is 135 cm³/mol. The summed E-state index contributed by atoms with van der Waals surface area (Å²) in [5.74, 6) is -0.0749. The molecule has 35 heavy (non-hydrogen) atoms. The van der Waals surface area contributed by atoms with Gasteiger partial charge in [0.15, 0.2) is 0 Å². The van der Waals surface area contributed by atoms with Crippen LogP contribution < -0.4 is 15.5 Å². The molecule has 0 unspecified atom stereocenters.